The Kier molecular flexibility index (Phi) is 3.61. The highest BCUT2D eigenvalue weighted by Gasteiger charge is 2.14. The van der Waals surface area contributed by atoms with E-state index in [-0.39, 0.29) is 5.91 Å². The number of rotatable bonds is 3. The van der Waals surface area contributed by atoms with Crippen LogP contribution < -0.4 is 10.1 Å². The highest BCUT2D eigenvalue weighted by Crippen LogP contribution is 2.24. The van der Waals surface area contributed by atoms with Crippen molar-refractivity contribution in [1.82, 2.24) is 14.8 Å². The van der Waals surface area contributed by atoms with E-state index in [0.717, 1.165) is 4.47 Å². The van der Waals surface area contributed by atoms with Gasteiger partial charge in [-0.2, -0.15) is 10.1 Å². The highest BCUT2D eigenvalue weighted by molar-refractivity contribution is 9.10. The van der Waals surface area contributed by atoms with Gasteiger partial charge in [0.15, 0.2) is 0 Å². The van der Waals surface area contributed by atoms with E-state index < -0.39 is 0 Å². The standard InChI is InChI=1S/C11H11BrN4O2/c1-16-11(13-6-14-16)15-10(17)8-4-3-7(12)5-9(8)18-2/h3-6H,1-2H3,(H,13,14,15,17). The molecule has 0 bridgehead atoms. The number of aromatic nitrogens is 3. The molecule has 0 unspecified atom stereocenters. The van der Waals surface area contributed by atoms with E-state index in [1.165, 1.54) is 18.1 Å². The summed E-state index contributed by atoms with van der Waals surface area (Å²) in [6.07, 6.45) is 1.37. The molecule has 0 fully saturated rings. The fourth-order valence-electron chi connectivity index (χ4n) is 1.43. The van der Waals surface area contributed by atoms with Crippen LogP contribution in [0.1, 0.15) is 10.4 Å². The quantitative estimate of drug-likeness (QED) is 0.939. The molecule has 1 N–H and O–H groups in total. The first kappa shape index (κ1) is 12.6. The zero-order valence-corrected chi connectivity index (χ0v) is 11.4. The normalized spacial score (nSPS) is 10.2. The third-order valence-electron chi connectivity index (χ3n) is 2.34. The molecule has 0 spiro atoms. The number of anilines is 1. The van der Waals surface area contributed by atoms with E-state index in [9.17, 15) is 4.79 Å². The lowest BCUT2D eigenvalue weighted by Crippen LogP contribution is -2.16. The van der Waals surface area contributed by atoms with Crippen LogP contribution in [0.4, 0.5) is 5.95 Å². The molecule has 0 aliphatic carbocycles. The van der Waals surface area contributed by atoms with Crippen LogP contribution in [0.2, 0.25) is 0 Å². The molecule has 0 atom stereocenters. The predicted molar refractivity (Wildman–Crippen MR) is 69.7 cm³/mol. The summed E-state index contributed by atoms with van der Waals surface area (Å²) in [5.74, 6) is 0.574. The fraction of sp³-hybridized carbons (Fsp3) is 0.182. The van der Waals surface area contributed by atoms with Crippen LogP contribution in [-0.2, 0) is 7.05 Å². The molecule has 7 heteroatoms. The van der Waals surface area contributed by atoms with Crippen LogP contribution in [0.3, 0.4) is 0 Å². The van der Waals surface area contributed by atoms with Gasteiger partial charge in [0.1, 0.15) is 12.1 Å². The lowest BCUT2D eigenvalue weighted by atomic mass is 10.2. The minimum absolute atomic E-state index is 0.296. The Labute approximate surface area is 112 Å². The van der Waals surface area contributed by atoms with Crippen LogP contribution in [0, 0.1) is 0 Å². The van der Waals surface area contributed by atoms with Gasteiger partial charge in [0.05, 0.1) is 12.7 Å². The number of hydrogen-bond donors (Lipinski definition) is 1. The number of ether oxygens (including phenoxy) is 1. The van der Waals surface area contributed by atoms with Crippen LogP contribution in [0.25, 0.3) is 0 Å². The van der Waals surface area contributed by atoms with Gasteiger partial charge < -0.3 is 4.74 Å². The molecule has 0 aliphatic heterocycles. The smallest absolute Gasteiger partial charge is 0.261 e. The number of benzene rings is 1. The van der Waals surface area contributed by atoms with Crippen molar-refractivity contribution in [2.45, 2.75) is 0 Å². The molecule has 18 heavy (non-hydrogen) atoms. The molecule has 0 saturated heterocycles. The summed E-state index contributed by atoms with van der Waals surface area (Å²) in [6, 6.07) is 5.17. The molecule has 94 valence electrons. The number of halogens is 1. The van der Waals surface area contributed by atoms with Crippen molar-refractivity contribution < 1.29 is 9.53 Å². The lowest BCUT2D eigenvalue weighted by Gasteiger charge is -2.08. The molecular formula is C11H11BrN4O2. The predicted octanol–water partition coefficient (Wildman–Crippen LogP) is 1.84. The monoisotopic (exact) mass is 310 g/mol. The van der Waals surface area contributed by atoms with Gasteiger partial charge in [-0.25, -0.2) is 4.68 Å². The van der Waals surface area contributed by atoms with Gasteiger partial charge in [0.2, 0.25) is 5.95 Å². The van der Waals surface area contributed by atoms with Crippen molar-refractivity contribution in [3.63, 3.8) is 0 Å². The second-order valence-corrected chi connectivity index (χ2v) is 4.42. The number of methoxy groups -OCH3 is 1. The number of nitrogens with one attached hydrogen (secondary N) is 1. The molecule has 0 aliphatic rings. The Balaban J connectivity index is 2.26. The fourth-order valence-corrected chi connectivity index (χ4v) is 1.77. The Hall–Kier alpha value is -1.89. The number of carbonyl (C=O) groups excluding carboxylic acids is 1. The van der Waals surface area contributed by atoms with Gasteiger partial charge in [-0.1, -0.05) is 15.9 Å². The third-order valence-corrected chi connectivity index (χ3v) is 2.84. The molecule has 6 nitrogen and oxygen atoms in total. The van der Waals surface area contributed by atoms with Crippen molar-refractivity contribution in [2.75, 3.05) is 12.4 Å². The average molecular weight is 311 g/mol. The number of carbonyl (C=O) groups is 1. The van der Waals surface area contributed by atoms with E-state index in [4.69, 9.17) is 4.74 Å². The van der Waals surface area contributed by atoms with Crippen LogP contribution in [0.15, 0.2) is 29.0 Å². The van der Waals surface area contributed by atoms with Crippen molar-refractivity contribution >= 4 is 27.8 Å². The van der Waals surface area contributed by atoms with Gasteiger partial charge in [0, 0.05) is 11.5 Å². The molecule has 2 aromatic rings. The molecule has 0 saturated carbocycles. The maximum absolute atomic E-state index is 12.1. The highest BCUT2D eigenvalue weighted by atomic mass is 79.9. The van der Waals surface area contributed by atoms with E-state index in [2.05, 4.69) is 31.3 Å². The van der Waals surface area contributed by atoms with Gasteiger partial charge in [0.25, 0.3) is 5.91 Å². The lowest BCUT2D eigenvalue weighted by molar-refractivity contribution is 0.102. The maximum atomic E-state index is 12.1. The topological polar surface area (TPSA) is 69.0 Å². The van der Waals surface area contributed by atoms with Crippen molar-refractivity contribution in [3.8, 4) is 5.75 Å². The van der Waals surface area contributed by atoms with E-state index >= 15 is 0 Å². The molecule has 2 rings (SSSR count). The van der Waals surface area contributed by atoms with Crippen LogP contribution in [-0.4, -0.2) is 27.8 Å². The number of nitrogens with zero attached hydrogens (tertiary/aromatic N) is 3. The maximum Gasteiger partial charge on any atom is 0.261 e. The van der Waals surface area contributed by atoms with Crippen molar-refractivity contribution in [1.29, 1.82) is 0 Å². The minimum Gasteiger partial charge on any atom is -0.496 e. The Bertz CT molecular complexity index is 582. The first-order chi connectivity index (χ1) is 8.61. The second-order valence-electron chi connectivity index (χ2n) is 3.51. The molecular weight excluding hydrogens is 300 g/mol. The van der Waals surface area contributed by atoms with E-state index in [1.54, 1.807) is 25.2 Å². The summed E-state index contributed by atoms with van der Waals surface area (Å²) < 4.78 is 7.48. The SMILES string of the molecule is COc1cc(Br)ccc1C(=O)Nc1ncnn1C. The summed E-state index contributed by atoms with van der Waals surface area (Å²) in [5, 5.41) is 6.53. The minimum atomic E-state index is -0.296. The van der Waals surface area contributed by atoms with Gasteiger partial charge in [-0.3, -0.25) is 10.1 Å². The summed E-state index contributed by atoms with van der Waals surface area (Å²) in [7, 11) is 3.21. The first-order valence-corrected chi connectivity index (χ1v) is 5.90. The first-order valence-electron chi connectivity index (χ1n) is 5.10. The van der Waals surface area contributed by atoms with Gasteiger partial charge in [-0.15, -0.1) is 0 Å². The number of hydrogen-bond acceptors (Lipinski definition) is 4. The van der Waals surface area contributed by atoms with Gasteiger partial charge >= 0.3 is 0 Å². The largest absolute Gasteiger partial charge is 0.496 e. The zero-order valence-electron chi connectivity index (χ0n) is 9.85. The Morgan fingerprint density at radius 3 is 2.89 bits per heavy atom. The summed E-state index contributed by atoms with van der Waals surface area (Å²) in [4.78, 5) is 16.0. The average Bonchev–Trinajstić information content (AvgIpc) is 2.74. The zero-order chi connectivity index (χ0) is 13.1. The van der Waals surface area contributed by atoms with Crippen molar-refractivity contribution in [3.05, 3.63) is 34.6 Å². The van der Waals surface area contributed by atoms with Crippen molar-refractivity contribution in [2.24, 2.45) is 7.05 Å². The summed E-state index contributed by atoms with van der Waals surface area (Å²) >= 11 is 3.32. The summed E-state index contributed by atoms with van der Waals surface area (Å²) in [5.41, 5.74) is 0.434. The molecule has 1 aromatic heterocycles. The molecule has 1 heterocycles. The molecule has 0 radical (unpaired) electrons. The van der Waals surface area contributed by atoms with Gasteiger partial charge in [-0.05, 0) is 18.2 Å². The van der Waals surface area contributed by atoms with E-state index in [0.29, 0.717) is 17.3 Å². The molecule has 1 amide bonds. The summed E-state index contributed by atoms with van der Waals surface area (Å²) in [6.45, 7) is 0. The Morgan fingerprint density at radius 1 is 1.50 bits per heavy atom. The van der Waals surface area contributed by atoms with Crippen LogP contribution >= 0.6 is 15.9 Å². The Morgan fingerprint density at radius 2 is 2.28 bits per heavy atom. The number of amides is 1. The molecule has 1 aromatic carbocycles. The second kappa shape index (κ2) is 5.18. The number of aryl methyl sites for hydroxylation is 1. The third kappa shape index (κ3) is 2.51. The van der Waals surface area contributed by atoms with Crippen LogP contribution in [0.5, 0.6) is 5.75 Å². The van der Waals surface area contributed by atoms with E-state index in [1.807, 2.05) is 0 Å².